The lowest BCUT2D eigenvalue weighted by Crippen LogP contribution is -2.49. The third kappa shape index (κ3) is 11.0. The number of rotatable bonds is 10. The first-order valence-electron chi connectivity index (χ1n) is 11.1. The number of alkyl halides is 3. The summed E-state index contributed by atoms with van der Waals surface area (Å²) in [7, 11) is 0. The molecule has 0 aliphatic carbocycles. The van der Waals surface area contributed by atoms with Gasteiger partial charge in [0.15, 0.2) is 5.96 Å². The van der Waals surface area contributed by atoms with Gasteiger partial charge in [-0.25, -0.2) is 0 Å². The van der Waals surface area contributed by atoms with E-state index in [0.29, 0.717) is 19.0 Å². The maximum absolute atomic E-state index is 12.3. The molecule has 10 heteroatoms. The van der Waals surface area contributed by atoms with Crippen LogP contribution in [0.25, 0.3) is 0 Å². The second-order valence-corrected chi connectivity index (χ2v) is 7.92. The molecule has 0 amide bonds. The quantitative estimate of drug-likeness (QED) is 0.226. The maximum Gasteiger partial charge on any atom is 0.573 e. The van der Waals surface area contributed by atoms with Crippen molar-refractivity contribution in [1.29, 1.82) is 0 Å². The van der Waals surface area contributed by atoms with E-state index < -0.39 is 6.36 Å². The summed E-state index contributed by atoms with van der Waals surface area (Å²) in [5, 5.41) is 16.5. The lowest BCUT2D eigenvalue weighted by atomic mass is 10.00. The number of aliphatic hydroxyl groups is 1. The van der Waals surface area contributed by atoms with E-state index in [1.165, 1.54) is 18.6 Å². The normalized spacial score (nSPS) is 16.9. The lowest BCUT2D eigenvalue weighted by molar-refractivity contribution is -0.274. The Kier molecular flexibility index (Phi) is 13.3. The fraction of sp³-hybridized carbons (Fsp3) is 0.682. The van der Waals surface area contributed by atoms with Crippen molar-refractivity contribution in [3.63, 3.8) is 0 Å². The largest absolute Gasteiger partial charge is 0.573 e. The van der Waals surface area contributed by atoms with Crippen LogP contribution in [0.1, 0.15) is 38.7 Å². The molecule has 0 aromatic heterocycles. The van der Waals surface area contributed by atoms with Gasteiger partial charge >= 0.3 is 6.36 Å². The van der Waals surface area contributed by atoms with E-state index in [1.54, 1.807) is 12.1 Å². The Morgan fingerprint density at radius 1 is 1.22 bits per heavy atom. The third-order valence-electron chi connectivity index (χ3n) is 5.26. The molecule has 6 nitrogen and oxygen atoms in total. The van der Waals surface area contributed by atoms with Crippen LogP contribution in [0.4, 0.5) is 13.2 Å². The van der Waals surface area contributed by atoms with E-state index >= 15 is 0 Å². The minimum Gasteiger partial charge on any atom is -0.406 e. The number of halogens is 4. The number of nitrogens with one attached hydrogen (secondary N) is 2. The van der Waals surface area contributed by atoms with Crippen LogP contribution < -0.4 is 15.4 Å². The number of ether oxygens (including phenoxy) is 1. The molecular weight excluding hydrogens is 536 g/mol. The summed E-state index contributed by atoms with van der Waals surface area (Å²) >= 11 is 0. The molecular formula is C22H36F3IN4O2. The van der Waals surface area contributed by atoms with Crippen LogP contribution in [0.15, 0.2) is 29.3 Å². The monoisotopic (exact) mass is 572 g/mol. The fourth-order valence-corrected chi connectivity index (χ4v) is 3.70. The first kappa shape index (κ1) is 28.8. The molecule has 1 fully saturated rings. The molecule has 1 aliphatic heterocycles. The summed E-state index contributed by atoms with van der Waals surface area (Å²) in [6.07, 6.45) is -0.878. The minimum absolute atomic E-state index is 0. The molecule has 1 saturated heterocycles. The van der Waals surface area contributed by atoms with Gasteiger partial charge in [-0.3, -0.25) is 4.99 Å². The Bertz CT molecular complexity index is 666. The van der Waals surface area contributed by atoms with Gasteiger partial charge < -0.3 is 25.4 Å². The average Bonchev–Trinajstić information content (AvgIpc) is 2.73. The molecule has 3 N–H and O–H groups in total. The van der Waals surface area contributed by atoms with Gasteiger partial charge in [0.25, 0.3) is 0 Å². The van der Waals surface area contributed by atoms with Gasteiger partial charge in [0.1, 0.15) is 5.75 Å². The molecule has 1 heterocycles. The predicted octanol–water partition coefficient (Wildman–Crippen LogP) is 3.78. The summed E-state index contributed by atoms with van der Waals surface area (Å²) < 4.78 is 40.7. The summed E-state index contributed by atoms with van der Waals surface area (Å²) in [5.74, 6) is 0.360. The van der Waals surface area contributed by atoms with E-state index in [-0.39, 0.29) is 42.3 Å². The van der Waals surface area contributed by atoms with Gasteiger partial charge in [-0.05, 0) is 56.8 Å². The van der Waals surface area contributed by atoms with Gasteiger partial charge in [0.05, 0.1) is 0 Å². The molecule has 2 rings (SSSR count). The smallest absolute Gasteiger partial charge is 0.406 e. The van der Waals surface area contributed by atoms with Crippen LogP contribution in [0, 0.1) is 5.92 Å². The van der Waals surface area contributed by atoms with Gasteiger partial charge in [-0.2, -0.15) is 0 Å². The van der Waals surface area contributed by atoms with Crippen LogP contribution in [0.3, 0.4) is 0 Å². The van der Waals surface area contributed by atoms with Crippen molar-refractivity contribution in [2.45, 2.75) is 51.9 Å². The second-order valence-electron chi connectivity index (χ2n) is 7.92. The molecule has 0 radical (unpaired) electrons. The molecule has 0 spiro atoms. The predicted molar refractivity (Wildman–Crippen MR) is 132 cm³/mol. The van der Waals surface area contributed by atoms with E-state index in [0.717, 1.165) is 50.5 Å². The second kappa shape index (κ2) is 14.8. The van der Waals surface area contributed by atoms with Gasteiger partial charge in [0, 0.05) is 44.7 Å². The van der Waals surface area contributed by atoms with Crippen molar-refractivity contribution >= 4 is 29.9 Å². The SMILES string of the molecule is CCCN1CCC(NC(=NCC(CO)Cc2ccc(OC(F)(F)F)cc2)NCC)CC1.I. The van der Waals surface area contributed by atoms with E-state index in [1.807, 2.05) is 6.92 Å². The number of likely N-dealkylation sites (tertiary alicyclic amines) is 1. The molecule has 1 aromatic rings. The molecule has 32 heavy (non-hydrogen) atoms. The molecule has 1 aliphatic rings. The number of nitrogens with zero attached hydrogens (tertiary/aromatic N) is 2. The van der Waals surface area contributed by atoms with Crippen LogP contribution in [0.5, 0.6) is 5.75 Å². The highest BCUT2D eigenvalue weighted by Gasteiger charge is 2.31. The topological polar surface area (TPSA) is 69.1 Å². The van der Waals surface area contributed by atoms with Gasteiger partial charge in [0.2, 0.25) is 0 Å². The molecule has 1 atom stereocenters. The van der Waals surface area contributed by atoms with Gasteiger partial charge in [-0.1, -0.05) is 19.1 Å². The van der Waals surface area contributed by atoms with Crippen molar-refractivity contribution in [1.82, 2.24) is 15.5 Å². The molecule has 0 saturated carbocycles. The third-order valence-corrected chi connectivity index (χ3v) is 5.26. The Morgan fingerprint density at radius 3 is 2.41 bits per heavy atom. The van der Waals surface area contributed by atoms with Crippen molar-refractivity contribution in [3.8, 4) is 5.75 Å². The van der Waals surface area contributed by atoms with Crippen LogP contribution >= 0.6 is 24.0 Å². The van der Waals surface area contributed by atoms with Crippen molar-refractivity contribution in [2.75, 3.05) is 39.3 Å². The first-order valence-corrected chi connectivity index (χ1v) is 11.1. The highest BCUT2D eigenvalue weighted by atomic mass is 127. The highest BCUT2D eigenvalue weighted by molar-refractivity contribution is 14.0. The van der Waals surface area contributed by atoms with Crippen molar-refractivity contribution < 1.29 is 23.0 Å². The summed E-state index contributed by atoms with van der Waals surface area (Å²) in [6, 6.07) is 6.12. The zero-order chi connectivity index (χ0) is 22.7. The molecule has 184 valence electrons. The van der Waals surface area contributed by atoms with Crippen LogP contribution in [-0.2, 0) is 6.42 Å². The highest BCUT2D eigenvalue weighted by Crippen LogP contribution is 2.23. The number of aliphatic hydroxyl groups excluding tert-OH is 1. The Morgan fingerprint density at radius 2 is 1.88 bits per heavy atom. The summed E-state index contributed by atoms with van der Waals surface area (Å²) in [6.45, 7) is 8.61. The minimum atomic E-state index is -4.70. The van der Waals surface area contributed by atoms with E-state index in [4.69, 9.17) is 0 Å². The van der Waals surface area contributed by atoms with Crippen LogP contribution in [-0.4, -0.2) is 67.7 Å². The molecule has 1 aromatic carbocycles. The Labute approximate surface area is 206 Å². The number of piperidine rings is 1. The number of benzene rings is 1. The number of hydrogen-bond donors (Lipinski definition) is 3. The first-order chi connectivity index (χ1) is 14.8. The number of hydrogen-bond acceptors (Lipinski definition) is 4. The summed E-state index contributed by atoms with van der Waals surface area (Å²) in [5.41, 5.74) is 0.824. The van der Waals surface area contributed by atoms with E-state index in [2.05, 4.69) is 32.2 Å². The zero-order valence-electron chi connectivity index (χ0n) is 18.8. The van der Waals surface area contributed by atoms with Crippen LogP contribution in [0.2, 0.25) is 0 Å². The Hall–Kier alpha value is -1.27. The lowest BCUT2D eigenvalue weighted by Gasteiger charge is -2.32. The van der Waals surface area contributed by atoms with E-state index in [9.17, 15) is 18.3 Å². The number of guanidine groups is 1. The molecule has 1 unspecified atom stereocenters. The van der Waals surface area contributed by atoms with Crippen molar-refractivity contribution in [3.05, 3.63) is 29.8 Å². The standard InChI is InChI=1S/C22H35F3N4O2.HI/c1-3-11-29-12-9-19(10-13-29)28-21(26-4-2)27-15-18(16-30)14-17-5-7-20(8-6-17)31-22(23,24)25;/h5-8,18-19,30H,3-4,9-16H2,1-2H3,(H2,26,27,28);1H. The fourth-order valence-electron chi connectivity index (χ4n) is 3.70. The maximum atomic E-state index is 12.3. The molecule has 0 bridgehead atoms. The average molecular weight is 572 g/mol. The summed E-state index contributed by atoms with van der Waals surface area (Å²) in [4.78, 5) is 7.12. The van der Waals surface area contributed by atoms with Gasteiger partial charge in [-0.15, -0.1) is 37.1 Å². The number of aliphatic imine (C=N–C) groups is 1. The zero-order valence-corrected chi connectivity index (χ0v) is 21.2. The Balaban J connectivity index is 0.00000512. The van der Waals surface area contributed by atoms with Crippen molar-refractivity contribution in [2.24, 2.45) is 10.9 Å².